The van der Waals surface area contributed by atoms with Crippen molar-refractivity contribution in [3.05, 3.63) is 48.0 Å². The number of nitrogens with two attached hydrogens (primary N) is 2. The molecule has 1 aromatic carbocycles. The average molecular weight is 452 g/mol. The fraction of sp³-hybridized carbons (Fsp3) is 0.364. The number of benzene rings is 1. The van der Waals surface area contributed by atoms with Crippen LogP contribution in [0.3, 0.4) is 0 Å². The smallest absolute Gasteiger partial charge is 0.271 e. The van der Waals surface area contributed by atoms with Crippen molar-refractivity contribution in [3.8, 4) is 5.69 Å². The Labute approximate surface area is 192 Å². The molecule has 11 nitrogen and oxygen atoms in total. The molecule has 0 saturated heterocycles. The Morgan fingerprint density at radius 2 is 1.88 bits per heavy atom. The molecule has 0 aliphatic heterocycles. The van der Waals surface area contributed by atoms with Gasteiger partial charge in [0.05, 0.1) is 23.8 Å². The highest BCUT2D eigenvalue weighted by atomic mass is 16.1. The first-order valence-corrected chi connectivity index (χ1v) is 10.7. The van der Waals surface area contributed by atoms with Crippen LogP contribution < -0.4 is 22.1 Å². The van der Waals surface area contributed by atoms with Gasteiger partial charge in [0.2, 0.25) is 5.91 Å². The van der Waals surface area contributed by atoms with Crippen LogP contribution in [0.4, 0.5) is 17.3 Å². The molecule has 1 unspecified atom stereocenters. The third-order valence-electron chi connectivity index (χ3n) is 4.78. The van der Waals surface area contributed by atoms with Gasteiger partial charge >= 0.3 is 0 Å². The minimum Gasteiger partial charge on any atom is -0.368 e. The summed E-state index contributed by atoms with van der Waals surface area (Å²) in [5.74, 6) is -0.435. The molecule has 1 atom stereocenters. The zero-order valence-corrected chi connectivity index (χ0v) is 19.1. The van der Waals surface area contributed by atoms with Crippen LogP contribution in [0, 0.1) is 11.8 Å². The second-order valence-electron chi connectivity index (χ2n) is 8.48. The van der Waals surface area contributed by atoms with E-state index in [-0.39, 0.29) is 23.2 Å². The van der Waals surface area contributed by atoms with Crippen LogP contribution in [0.15, 0.2) is 36.7 Å². The maximum atomic E-state index is 11.9. The first kappa shape index (κ1) is 23.6. The Balaban J connectivity index is 1.89. The predicted octanol–water partition coefficient (Wildman–Crippen LogP) is 2.02. The molecule has 0 saturated carbocycles. The lowest BCUT2D eigenvalue weighted by Crippen LogP contribution is -2.39. The van der Waals surface area contributed by atoms with Crippen LogP contribution in [0.5, 0.6) is 0 Å². The third-order valence-corrected chi connectivity index (χ3v) is 4.78. The van der Waals surface area contributed by atoms with E-state index >= 15 is 0 Å². The summed E-state index contributed by atoms with van der Waals surface area (Å²) in [4.78, 5) is 33.7. The molecule has 11 heteroatoms. The zero-order chi connectivity index (χ0) is 24.1. The van der Waals surface area contributed by atoms with E-state index < -0.39 is 17.9 Å². The van der Waals surface area contributed by atoms with Gasteiger partial charge in [0, 0.05) is 5.69 Å². The fourth-order valence-corrected chi connectivity index (χ4v) is 3.23. The van der Waals surface area contributed by atoms with E-state index in [1.54, 1.807) is 17.1 Å². The molecule has 3 rings (SSSR count). The summed E-state index contributed by atoms with van der Waals surface area (Å²) in [7, 11) is 0. The Morgan fingerprint density at radius 1 is 1.12 bits per heavy atom. The summed E-state index contributed by atoms with van der Waals surface area (Å²) in [6.07, 6.45) is 3.91. The van der Waals surface area contributed by atoms with Crippen LogP contribution in [-0.2, 0) is 11.2 Å². The lowest BCUT2D eigenvalue weighted by molar-refractivity contribution is -0.119. The third kappa shape index (κ3) is 6.03. The molecule has 2 heterocycles. The van der Waals surface area contributed by atoms with E-state index in [9.17, 15) is 9.59 Å². The summed E-state index contributed by atoms with van der Waals surface area (Å²) in [6.45, 7) is 7.95. The number of nitrogens with one attached hydrogen (secondary N) is 2. The van der Waals surface area contributed by atoms with Crippen molar-refractivity contribution in [2.24, 2.45) is 23.3 Å². The van der Waals surface area contributed by atoms with Gasteiger partial charge in [-0.1, -0.05) is 33.8 Å². The topological polar surface area (TPSA) is 167 Å². The van der Waals surface area contributed by atoms with Crippen molar-refractivity contribution >= 4 is 29.1 Å². The van der Waals surface area contributed by atoms with Gasteiger partial charge in [-0.2, -0.15) is 15.0 Å². The first-order valence-electron chi connectivity index (χ1n) is 10.7. The highest BCUT2D eigenvalue weighted by Gasteiger charge is 2.21. The summed E-state index contributed by atoms with van der Waals surface area (Å²) in [5, 5.41) is 14.9. The monoisotopic (exact) mass is 451 g/mol. The fourth-order valence-electron chi connectivity index (χ4n) is 3.23. The quantitative estimate of drug-likeness (QED) is 0.363. The largest absolute Gasteiger partial charge is 0.368 e. The molecule has 0 radical (unpaired) electrons. The van der Waals surface area contributed by atoms with Gasteiger partial charge < -0.3 is 22.1 Å². The normalized spacial score (nSPS) is 12.1. The number of hydrogen-bond donors (Lipinski definition) is 4. The zero-order valence-electron chi connectivity index (χ0n) is 19.1. The lowest BCUT2D eigenvalue weighted by Gasteiger charge is -2.20. The molecule has 2 amide bonds. The van der Waals surface area contributed by atoms with Gasteiger partial charge in [0.15, 0.2) is 11.5 Å². The molecule has 174 valence electrons. The number of carbonyl (C=O) groups is 2. The molecular formula is C22H29N9O2. The van der Waals surface area contributed by atoms with Gasteiger partial charge in [0.25, 0.3) is 5.91 Å². The van der Waals surface area contributed by atoms with Crippen molar-refractivity contribution in [2.75, 3.05) is 10.6 Å². The molecule has 3 aromatic rings. The van der Waals surface area contributed by atoms with Crippen molar-refractivity contribution in [1.29, 1.82) is 0 Å². The molecule has 0 spiro atoms. The SMILES string of the molecule is CC(C)Cc1cnn(-c2cccc(Nc3nc(NC(C(N)=O)C(C)C)cnc3C(N)=O)c2)n1. The number of hydrogen-bond acceptors (Lipinski definition) is 8. The highest BCUT2D eigenvalue weighted by Crippen LogP contribution is 2.22. The van der Waals surface area contributed by atoms with Crippen LogP contribution in [-0.4, -0.2) is 42.8 Å². The van der Waals surface area contributed by atoms with E-state index in [4.69, 9.17) is 11.5 Å². The number of amides is 2. The number of nitrogens with zero attached hydrogens (tertiary/aromatic N) is 5. The maximum absolute atomic E-state index is 11.9. The van der Waals surface area contributed by atoms with Crippen molar-refractivity contribution in [1.82, 2.24) is 25.0 Å². The molecule has 0 bridgehead atoms. The number of rotatable bonds is 10. The lowest BCUT2D eigenvalue weighted by atomic mass is 10.0. The predicted molar refractivity (Wildman–Crippen MR) is 125 cm³/mol. The van der Waals surface area contributed by atoms with E-state index in [0.29, 0.717) is 11.6 Å². The number of aromatic nitrogens is 5. The minimum absolute atomic E-state index is 0.0393. The van der Waals surface area contributed by atoms with Gasteiger partial charge in [-0.15, -0.1) is 0 Å². The first-order chi connectivity index (χ1) is 15.6. The van der Waals surface area contributed by atoms with Crippen LogP contribution in [0.25, 0.3) is 5.69 Å². The van der Waals surface area contributed by atoms with E-state index in [2.05, 4.69) is 44.6 Å². The summed E-state index contributed by atoms with van der Waals surface area (Å²) >= 11 is 0. The van der Waals surface area contributed by atoms with E-state index in [1.165, 1.54) is 6.20 Å². The molecule has 33 heavy (non-hydrogen) atoms. The average Bonchev–Trinajstić information content (AvgIpc) is 3.19. The maximum Gasteiger partial charge on any atom is 0.271 e. The highest BCUT2D eigenvalue weighted by molar-refractivity contribution is 5.96. The molecule has 0 fully saturated rings. The molecule has 6 N–H and O–H groups in total. The Bertz CT molecular complexity index is 1140. The molecule has 2 aromatic heterocycles. The van der Waals surface area contributed by atoms with E-state index in [1.807, 2.05) is 32.0 Å². The summed E-state index contributed by atoms with van der Waals surface area (Å²) < 4.78 is 0. The van der Waals surface area contributed by atoms with Crippen LogP contribution in [0.2, 0.25) is 0 Å². The van der Waals surface area contributed by atoms with Gasteiger partial charge in [0.1, 0.15) is 11.9 Å². The molecule has 0 aliphatic rings. The molecular weight excluding hydrogens is 422 g/mol. The van der Waals surface area contributed by atoms with Gasteiger partial charge in [-0.25, -0.2) is 9.97 Å². The van der Waals surface area contributed by atoms with E-state index in [0.717, 1.165) is 17.8 Å². The Kier molecular flexibility index (Phi) is 7.21. The number of carbonyl (C=O) groups excluding carboxylic acids is 2. The van der Waals surface area contributed by atoms with Gasteiger partial charge in [-0.05, 0) is 36.5 Å². The van der Waals surface area contributed by atoms with Gasteiger partial charge in [-0.3, -0.25) is 9.59 Å². The van der Waals surface area contributed by atoms with Crippen LogP contribution >= 0.6 is 0 Å². The summed E-state index contributed by atoms with van der Waals surface area (Å²) in [5.41, 5.74) is 13.2. The standard InChI is InChI=1S/C22H29N9O2/c1-12(2)8-15-10-26-31(30-15)16-7-5-6-14(9-16)27-22-19(21(24)33)25-11-17(29-22)28-18(13(3)4)20(23)32/h5-7,9-13,18H,8H2,1-4H3,(H2,23,32)(H2,24,33)(H2,27,28,29). The summed E-state index contributed by atoms with van der Waals surface area (Å²) in [6, 6.07) is 6.65. The minimum atomic E-state index is -0.741. The number of anilines is 3. The second-order valence-corrected chi connectivity index (χ2v) is 8.48. The molecule has 0 aliphatic carbocycles. The van der Waals surface area contributed by atoms with Crippen molar-refractivity contribution < 1.29 is 9.59 Å². The van der Waals surface area contributed by atoms with Crippen molar-refractivity contribution in [3.63, 3.8) is 0 Å². The second kappa shape index (κ2) is 10.1. The van der Waals surface area contributed by atoms with Crippen molar-refractivity contribution in [2.45, 2.75) is 40.2 Å². The number of primary amides is 2. The van der Waals surface area contributed by atoms with Crippen LogP contribution in [0.1, 0.15) is 43.9 Å². The Morgan fingerprint density at radius 3 is 2.52 bits per heavy atom. The Hall–Kier alpha value is -4.02.